The molecule has 3 aromatic rings. The predicted octanol–water partition coefficient (Wildman–Crippen LogP) is 2.84. The van der Waals surface area contributed by atoms with Crippen LogP contribution in [0.15, 0.2) is 47.0 Å². The second-order valence-corrected chi connectivity index (χ2v) is 12.0. The minimum Gasteiger partial charge on any atom is -0.415 e. The highest BCUT2D eigenvalue weighted by Gasteiger charge is 2.23. The summed E-state index contributed by atoms with van der Waals surface area (Å²) in [6, 6.07) is 10.5. The fourth-order valence-corrected chi connectivity index (χ4v) is 5.67. The molecule has 1 saturated heterocycles. The van der Waals surface area contributed by atoms with Gasteiger partial charge in [-0.15, -0.1) is 10.2 Å². The van der Waals surface area contributed by atoms with Crippen LogP contribution in [0, 0.1) is 0 Å². The van der Waals surface area contributed by atoms with E-state index >= 15 is 0 Å². The Balaban J connectivity index is 1.45. The average molecular weight is 555 g/mol. The van der Waals surface area contributed by atoms with E-state index in [4.69, 9.17) is 4.42 Å². The summed E-state index contributed by atoms with van der Waals surface area (Å²) < 4.78 is 71.0. The average Bonchev–Trinajstić information content (AvgIpc) is 3.39. The summed E-state index contributed by atoms with van der Waals surface area (Å²) in [5.74, 6) is -0.955. The Kier molecular flexibility index (Phi) is 8.62. The van der Waals surface area contributed by atoms with Crippen molar-refractivity contribution in [1.82, 2.24) is 24.4 Å². The molecule has 0 spiro atoms. The standard InChI is InChI=1S/C23H28F2N6O4S2/c1-3-37(33,34)31(16-19-7-6-18(14-26-19)22-27-28-23(35-22)21(24)25)20-8-4-17(5-9-20)15-29-10-12-30(13-11-29)36(2)32/h4-9,14,21H,3,10-13,15-16H2,1-2H3. The van der Waals surface area contributed by atoms with Gasteiger partial charge in [0, 0.05) is 45.2 Å². The first-order valence-corrected chi connectivity index (χ1v) is 14.8. The van der Waals surface area contributed by atoms with Gasteiger partial charge in [-0.1, -0.05) is 12.1 Å². The number of piperazine rings is 1. The van der Waals surface area contributed by atoms with Crippen LogP contribution in [-0.2, 0) is 34.1 Å². The summed E-state index contributed by atoms with van der Waals surface area (Å²) in [6.45, 7) is 5.41. The number of sulfonamides is 1. The second kappa shape index (κ2) is 11.7. The summed E-state index contributed by atoms with van der Waals surface area (Å²) >= 11 is 0. The van der Waals surface area contributed by atoms with Crippen molar-refractivity contribution in [3.8, 4) is 11.5 Å². The molecular weight excluding hydrogens is 526 g/mol. The number of benzene rings is 1. The number of hydrogen-bond acceptors (Lipinski definition) is 8. The molecule has 0 bridgehead atoms. The Labute approximate surface area is 216 Å². The minimum absolute atomic E-state index is 0.00195. The van der Waals surface area contributed by atoms with Gasteiger partial charge >= 0.3 is 6.43 Å². The lowest BCUT2D eigenvalue weighted by Gasteiger charge is -2.33. The number of hydrogen-bond donors (Lipinski definition) is 0. The molecule has 1 unspecified atom stereocenters. The lowest BCUT2D eigenvalue weighted by Crippen LogP contribution is -2.46. The van der Waals surface area contributed by atoms with Crippen LogP contribution in [0.25, 0.3) is 11.5 Å². The van der Waals surface area contributed by atoms with E-state index < -0.39 is 33.3 Å². The predicted molar refractivity (Wildman–Crippen MR) is 135 cm³/mol. The van der Waals surface area contributed by atoms with Crippen LogP contribution in [-0.4, -0.2) is 75.2 Å². The molecule has 0 saturated carbocycles. The lowest BCUT2D eigenvalue weighted by molar-refractivity contribution is 0.116. The van der Waals surface area contributed by atoms with Crippen LogP contribution in [0.3, 0.4) is 0 Å². The fraction of sp³-hybridized carbons (Fsp3) is 0.435. The first-order chi connectivity index (χ1) is 17.7. The molecule has 3 heterocycles. The molecule has 0 radical (unpaired) electrons. The molecule has 14 heteroatoms. The van der Waals surface area contributed by atoms with Gasteiger partial charge in [0.1, 0.15) is 0 Å². The zero-order chi connectivity index (χ0) is 26.6. The normalized spacial score (nSPS) is 16.2. The Morgan fingerprint density at radius 2 is 1.78 bits per heavy atom. The van der Waals surface area contributed by atoms with Crippen LogP contribution in [0.1, 0.15) is 30.5 Å². The van der Waals surface area contributed by atoms with Gasteiger partial charge in [-0.05, 0) is 36.8 Å². The van der Waals surface area contributed by atoms with Gasteiger partial charge in [0.25, 0.3) is 5.89 Å². The third-order valence-electron chi connectivity index (χ3n) is 6.03. The van der Waals surface area contributed by atoms with Gasteiger partial charge in [-0.2, -0.15) is 8.78 Å². The number of halogens is 2. The maximum Gasteiger partial charge on any atom is 0.314 e. The van der Waals surface area contributed by atoms with Crippen molar-refractivity contribution in [3.63, 3.8) is 0 Å². The molecule has 37 heavy (non-hydrogen) atoms. The molecule has 200 valence electrons. The van der Waals surface area contributed by atoms with Gasteiger partial charge in [-0.25, -0.2) is 16.9 Å². The lowest BCUT2D eigenvalue weighted by atomic mass is 10.1. The van der Waals surface area contributed by atoms with E-state index in [2.05, 4.69) is 20.1 Å². The number of pyridine rings is 1. The molecular formula is C23H28F2N6O4S2. The molecule has 0 N–H and O–H groups in total. The minimum atomic E-state index is -3.61. The van der Waals surface area contributed by atoms with Crippen LogP contribution >= 0.6 is 0 Å². The van der Waals surface area contributed by atoms with Crippen molar-refractivity contribution in [3.05, 3.63) is 59.7 Å². The monoisotopic (exact) mass is 554 g/mol. The van der Waals surface area contributed by atoms with Crippen molar-refractivity contribution in [2.24, 2.45) is 0 Å². The van der Waals surface area contributed by atoms with E-state index in [1.807, 2.05) is 16.4 Å². The van der Waals surface area contributed by atoms with Crippen LogP contribution in [0.5, 0.6) is 0 Å². The molecule has 1 aromatic carbocycles. The van der Waals surface area contributed by atoms with Crippen molar-refractivity contribution < 1.29 is 25.8 Å². The summed E-state index contributed by atoms with van der Waals surface area (Å²) in [5, 5.41) is 6.90. The van der Waals surface area contributed by atoms with Crippen molar-refractivity contribution in [1.29, 1.82) is 0 Å². The molecule has 10 nitrogen and oxygen atoms in total. The number of alkyl halides is 2. The maximum absolute atomic E-state index is 12.9. The molecule has 0 aliphatic carbocycles. The quantitative estimate of drug-likeness (QED) is 0.376. The van der Waals surface area contributed by atoms with Gasteiger partial charge in [-0.3, -0.25) is 14.2 Å². The van der Waals surface area contributed by atoms with Crippen LogP contribution in [0.4, 0.5) is 14.5 Å². The third-order valence-corrected chi connectivity index (χ3v) is 8.86. The number of anilines is 1. The first-order valence-electron chi connectivity index (χ1n) is 11.6. The van der Waals surface area contributed by atoms with E-state index in [0.29, 0.717) is 16.9 Å². The summed E-state index contributed by atoms with van der Waals surface area (Å²) in [4.78, 5) is 6.56. The van der Waals surface area contributed by atoms with Crippen molar-refractivity contribution in [2.45, 2.75) is 26.4 Å². The second-order valence-electron chi connectivity index (χ2n) is 8.49. The van der Waals surface area contributed by atoms with E-state index in [0.717, 1.165) is 38.3 Å². The first kappa shape index (κ1) is 27.2. The molecule has 1 atom stereocenters. The van der Waals surface area contributed by atoms with Gasteiger partial charge in [0.05, 0.1) is 40.2 Å². The summed E-state index contributed by atoms with van der Waals surface area (Å²) in [7, 11) is -4.57. The Morgan fingerprint density at radius 3 is 2.32 bits per heavy atom. The molecule has 2 aromatic heterocycles. The Bertz CT molecular complexity index is 1310. The van der Waals surface area contributed by atoms with E-state index in [1.165, 1.54) is 10.5 Å². The number of rotatable bonds is 10. The summed E-state index contributed by atoms with van der Waals surface area (Å²) in [5.41, 5.74) is 2.38. The molecule has 4 rings (SSSR count). The van der Waals surface area contributed by atoms with Crippen LogP contribution in [0.2, 0.25) is 0 Å². The van der Waals surface area contributed by atoms with Gasteiger partial charge < -0.3 is 4.42 Å². The zero-order valence-electron chi connectivity index (χ0n) is 20.5. The third kappa shape index (κ3) is 6.74. The highest BCUT2D eigenvalue weighted by molar-refractivity contribution is 7.92. The summed E-state index contributed by atoms with van der Waals surface area (Å²) in [6.07, 6.45) is 0.199. The molecule has 1 fully saturated rings. The molecule has 1 aliphatic rings. The number of nitrogens with zero attached hydrogens (tertiary/aromatic N) is 6. The zero-order valence-corrected chi connectivity index (χ0v) is 22.1. The highest BCUT2D eigenvalue weighted by atomic mass is 32.2. The van der Waals surface area contributed by atoms with Gasteiger partial charge in [0.15, 0.2) is 0 Å². The number of aromatic nitrogens is 3. The Morgan fingerprint density at radius 1 is 1.08 bits per heavy atom. The maximum atomic E-state index is 12.9. The molecule has 0 amide bonds. The van der Waals surface area contributed by atoms with Gasteiger partial charge in [0.2, 0.25) is 15.9 Å². The fourth-order valence-electron chi connectivity index (χ4n) is 3.91. The SMILES string of the molecule is CCS(=O)(=O)N(Cc1ccc(-c2nnc(C(F)F)o2)cn1)c1ccc(CN2CCN(S(C)=O)CC2)cc1. The van der Waals surface area contributed by atoms with Crippen LogP contribution < -0.4 is 4.31 Å². The largest absolute Gasteiger partial charge is 0.415 e. The van der Waals surface area contributed by atoms with E-state index in [9.17, 15) is 21.4 Å². The highest BCUT2D eigenvalue weighted by Crippen LogP contribution is 2.25. The smallest absolute Gasteiger partial charge is 0.314 e. The topological polar surface area (TPSA) is 113 Å². The van der Waals surface area contributed by atoms with Crippen molar-refractivity contribution in [2.75, 3.05) is 42.5 Å². The van der Waals surface area contributed by atoms with E-state index in [1.54, 1.807) is 37.4 Å². The Hall–Kier alpha value is -2.81. The van der Waals surface area contributed by atoms with Crippen molar-refractivity contribution >= 4 is 26.7 Å². The van der Waals surface area contributed by atoms with E-state index in [-0.39, 0.29) is 18.2 Å². The molecule has 1 aliphatic heterocycles.